The summed E-state index contributed by atoms with van der Waals surface area (Å²) < 4.78 is 0. The second-order valence-corrected chi connectivity index (χ2v) is 5.99. The van der Waals surface area contributed by atoms with E-state index in [1.165, 1.54) is 30.8 Å². The predicted octanol–water partition coefficient (Wildman–Crippen LogP) is 2.57. The van der Waals surface area contributed by atoms with E-state index in [0.717, 1.165) is 12.5 Å². The van der Waals surface area contributed by atoms with Crippen LogP contribution >= 0.6 is 11.3 Å². The summed E-state index contributed by atoms with van der Waals surface area (Å²) in [6.45, 7) is 5.82. The van der Waals surface area contributed by atoms with Gasteiger partial charge in [-0.2, -0.15) is 0 Å². The van der Waals surface area contributed by atoms with E-state index in [4.69, 9.17) is 0 Å². The highest BCUT2D eigenvalue weighted by atomic mass is 32.1. The zero-order valence-corrected chi connectivity index (χ0v) is 11.1. The van der Waals surface area contributed by atoms with Crippen LogP contribution in [0.3, 0.4) is 0 Å². The van der Waals surface area contributed by atoms with Crippen LogP contribution in [-0.4, -0.2) is 31.1 Å². The van der Waals surface area contributed by atoms with Crippen molar-refractivity contribution in [3.8, 4) is 0 Å². The molecular weight excluding hydrogens is 216 g/mol. The van der Waals surface area contributed by atoms with Crippen LogP contribution in [-0.2, 0) is 6.54 Å². The van der Waals surface area contributed by atoms with Gasteiger partial charge in [0, 0.05) is 24.0 Å². The van der Waals surface area contributed by atoms with Crippen molar-refractivity contribution in [2.75, 3.05) is 20.1 Å². The van der Waals surface area contributed by atoms with Crippen molar-refractivity contribution < 1.29 is 0 Å². The maximum absolute atomic E-state index is 3.64. The lowest BCUT2D eigenvalue weighted by molar-refractivity contribution is 0.213. The standard InChI is InChI=1S/C13H22N2S/c1-11-5-3-7-14-13(11)10-15(2)9-12-6-4-8-16-12/h4,6,8,11,13-14H,3,5,7,9-10H2,1-2H3. The van der Waals surface area contributed by atoms with Gasteiger partial charge in [0.25, 0.3) is 0 Å². The molecule has 1 aliphatic heterocycles. The lowest BCUT2D eigenvalue weighted by Gasteiger charge is -2.33. The third kappa shape index (κ3) is 3.30. The van der Waals surface area contributed by atoms with Gasteiger partial charge in [-0.25, -0.2) is 0 Å². The number of likely N-dealkylation sites (N-methyl/N-ethyl adjacent to an activating group) is 1. The Morgan fingerprint density at radius 3 is 3.12 bits per heavy atom. The molecule has 0 radical (unpaired) electrons. The Morgan fingerprint density at radius 1 is 1.56 bits per heavy atom. The van der Waals surface area contributed by atoms with Crippen LogP contribution in [0.1, 0.15) is 24.6 Å². The van der Waals surface area contributed by atoms with E-state index in [-0.39, 0.29) is 0 Å². The van der Waals surface area contributed by atoms with E-state index >= 15 is 0 Å². The summed E-state index contributed by atoms with van der Waals surface area (Å²) in [6.07, 6.45) is 2.72. The third-order valence-electron chi connectivity index (χ3n) is 3.44. The average molecular weight is 238 g/mol. The zero-order valence-electron chi connectivity index (χ0n) is 10.3. The molecule has 2 atom stereocenters. The fraction of sp³-hybridized carbons (Fsp3) is 0.692. The van der Waals surface area contributed by atoms with E-state index in [1.54, 1.807) is 0 Å². The molecule has 1 aromatic rings. The van der Waals surface area contributed by atoms with Gasteiger partial charge >= 0.3 is 0 Å². The molecule has 2 heterocycles. The minimum absolute atomic E-state index is 0.679. The molecule has 1 saturated heterocycles. The maximum Gasteiger partial charge on any atom is 0.0325 e. The minimum atomic E-state index is 0.679. The molecule has 0 spiro atoms. The van der Waals surface area contributed by atoms with Crippen molar-refractivity contribution in [3.05, 3.63) is 22.4 Å². The van der Waals surface area contributed by atoms with E-state index in [9.17, 15) is 0 Å². The number of hydrogen-bond donors (Lipinski definition) is 1. The van der Waals surface area contributed by atoms with Gasteiger partial charge < -0.3 is 5.32 Å². The number of piperidine rings is 1. The van der Waals surface area contributed by atoms with E-state index < -0.39 is 0 Å². The molecule has 2 unspecified atom stereocenters. The first-order valence-electron chi connectivity index (χ1n) is 6.20. The SMILES string of the molecule is CC1CCCNC1CN(C)Cc1cccs1. The number of nitrogens with zero attached hydrogens (tertiary/aromatic N) is 1. The van der Waals surface area contributed by atoms with E-state index in [1.807, 2.05) is 11.3 Å². The van der Waals surface area contributed by atoms with Gasteiger partial charge in [-0.05, 0) is 43.8 Å². The fourth-order valence-electron chi connectivity index (χ4n) is 2.43. The number of thiophene rings is 1. The molecular formula is C13H22N2S. The Kier molecular flexibility index (Phi) is 4.38. The molecule has 0 bridgehead atoms. The van der Waals surface area contributed by atoms with Crippen LogP contribution in [0.5, 0.6) is 0 Å². The van der Waals surface area contributed by atoms with Gasteiger partial charge in [-0.3, -0.25) is 4.90 Å². The van der Waals surface area contributed by atoms with Gasteiger partial charge in [-0.1, -0.05) is 13.0 Å². The van der Waals surface area contributed by atoms with Crippen LogP contribution in [0.15, 0.2) is 17.5 Å². The van der Waals surface area contributed by atoms with Gasteiger partial charge in [0.2, 0.25) is 0 Å². The first-order valence-corrected chi connectivity index (χ1v) is 7.08. The summed E-state index contributed by atoms with van der Waals surface area (Å²) in [7, 11) is 2.22. The van der Waals surface area contributed by atoms with E-state index in [0.29, 0.717) is 6.04 Å². The normalized spacial score (nSPS) is 26.2. The molecule has 0 aliphatic carbocycles. The van der Waals surface area contributed by atoms with Crippen molar-refractivity contribution >= 4 is 11.3 Å². The van der Waals surface area contributed by atoms with Crippen molar-refractivity contribution in [1.82, 2.24) is 10.2 Å². The summed E-state index contributed by atoms with van der Waals surface area (Å²) in [4.78, 5) is 3.90. The quantitative estimate of drug-likeness (QED) is 0.867. The highest BCUT2D eigenvalue weighted by Gasteiger charge is 2.21. The Hall–Kier alpha value is -0.380. The number of hydrogen-bond acceptors (Lipinski definition) is 3. The fourth-order valence-corrected chi connectivity index (χ4v) is 3.21. The van der Waals surface area contributed by atoms with Crippen LogP contribution in [0.25, 0.3) is 0 Å². The highest BCUT2D eigenvalue weighted by molar-refractivity contribution is 7.09. The van der Waals surface area contributed by atoms with Gasteiger partial charge in [0.05, 0.1) is 0 Å². The summed E-state index contributed by atoms with van der Waals surface area (Å²) in [5, 5.41) is 5.80. The van der Waals surface area contributed by atoms with Crippen molar-refractivity contribution in [2.24, 2.45) is 5.92 Å². The Labute approximate surface area is 103 Å². The smallest absolute Gasteiger partial charge is 0.0325 e. The summed E-state index contributed by atoms with van der Waals surface area (Å²) in [5.74, 6) is 0.819. The highest BCUT2D eigenvalue weighted by Crippen LogP contribution is 2.17. The molecule has 2 nitrogen and oxygen atoms in total. The number of nitrogens with one attached hydrogen (secondary N) is 1. The van der Waals surface area contributed by atoms with Crippen LogP contribution in [0, 0.1) is 5.92 Å². The predicted molar refractivity (Wildman–Crippen MR) is 70.8 cm³/mol. The monoisotopic (exact) mass is 238 g/mol. The van der Waals surface area contributed by atoms with Crippen molar-refractivity contribution in [3.63, 3.8) is 0 Å². The van der Waals surface area contributed by atoms with Gasteiger partial charge in [-0.15, -0.1) is 11.3 Å². The first kappa shape index (κ1) is 12.1. The van der Waals surface area contributed by atoms with Gasteiger partial charge in [0.15, 0.2) is 0 Å². The third-order valence-corrected chi connectivity index (χ3v) is 4.31. The summed E-state index contributed by atoms with van der Waals surface area (Å²) >= 11 is 1.85. The van der Waals surface area contributed by atoms with Crippen molar-refractivity contribution in [1.29, 1.82) is 0 Å². The molecule has 1 fully saturated rings. The molecule has 1 aromatic heterocycles. The zero-order chi connectivity index (χ0) is 11.4. The lowest BCUT2D eigenvalue weighted by atomic mass is 9.92. The molecule has 3 heteroatoms. The Morgan fingerprint density at radius 2 is 2.44 bits per heavy atom. The molecule has 2 rings (SSSR count). The average Bonchev–Trinajstić information content (AvgIpc) is 2.74. The summed E-state index contributed by atoms with van der Waals surface area (Å²) in [5.41, 5.74) is 0. The first-order chi connectivity index (χ1) is 7.75. The molecule has 0 amide bonds. The second-order valence-electron chi connectivity index (χ2n) is 4.96. The minimum Gasteiger partial charge on any atom is -0.312 e. The van der Waals surface area contributed by atoms with Crippen LogP contribution < -0.4 is 5.32 Å². The molecule has 0 saturated carbocycles. The largest absolute Gasteiger partial charge is 0.312 e. The molecule has 1 aliphatic rings. The molecule has 16 heavy (non-hydrogen) atoms. The molecule has 1 N–H and O–H groups in total. The number of rotatable bonds is 4. The Balaban J connectivity index is 1.79. The van der Waals surface area contributed by atoms with E-state index in [2.05, 4.69) is 41.7 Å². The Bertz CT molecular complexity index is 297. The van der Waals surface area contributed by atoms with Gasteiger partial charge in [0.1, 0.15) is 0 Å². The second kappa shape index (κ2) is 5.80. The van der Waals surface area contributed by atoms with Crippen molar-refractivity contribution in [2.45, 2.75) is 32.4 Å². The molecule has 0 aromatic carbocycles. The summed E-state index contributed by atoms with van der Waals surface area (Å²) in [6, 6.07) is 5.03. The molecule has 90 valence electrons. The topological polar surface area (TPSA) is 15.3 Å². The lowest BCUT2D eigenvalue weighted by Crippen LogP contribution is -2.46. The van der Waals surface area contributed by atoms with Crippen LogP contribution in [0.2, 0.25) is 0 Å². The maximum atomic E-state index is 3.64. The van der Waals surface area contributed by atoms with Crippen LogP contribution in [0.4, 0.5) is 0 Å².